The van der Waals surface area contributed by atoms with Crippen LogP contribution in [0.4, 0.5) is 0 Å². The predicted molar refractivity (Wildman–Crippen MR) is 296 cm³/mol. The van der Waals surface area contributed by atoms with E-state index in [1.165, 1.54) is 12.1 Å². The first-order valence-electron chi connectivity index (χ1n) is 28.8. The Balaban J connectivity index is 0.00000841. The molecule has 0 atom stereocenters. The Morgan fingerprint density at radius 1 is 0.535 bits per heavy atom. The van der Waals surface area contributed by atoms with Crippen LogP contribution in [-0.2, 0) is 37.3 Å². The fraction of sp³-hybridized carbons (Fsp3) is 0.273. The normalized spacial score (nSPS) is 14.6. The molecule has 7 aromatic carbocycles. The molecule has 0 unspecified atom stereocenters. The van der Waals surface area contributed by atoms with Crippen molar-refractivity contribution < 1.29 is 38.5 Å². The van der Waals surface area contributed by atoms with E-state index < -0.39 is 36.9 Å². The van der Waals surface area contributed by atoms with Gasteiger partial charge < -0.3 is 5.11 Å². The predicted octanol–water partition coefficient (Wildman–Crippen LogP) is 18.1. The number of imidazole rings is 1. The molecule has 0 saturated carbocycles. The molecule has 0 aliphatic heterocycles. The summed E-state index contributed by atoms with van der Waals surface area (Å²) in [5, 5.41) is 12.8. The summed E-state index contributed by atoms with van der Waals surface area (Å²) >= 11 is 0. The van der Waals surface area contributed by atoms with Gasteiger partial charge in [-0.15, -0.1) is 29.3 Å². The minimum absolute atomic E-state index is 0. The minimum Gasteiger partial charge on any atom is -0.507 e. The van der Waals surface area contributed by atoms with Gasteiger partial charge in [-0.2, -0.15) is 0 Å². The number of aromatic nitrogens is 3. The van der Waals surface area contributed by atoms with Crippen LogP contribution in [0.5, 0.6) is 5.75 Å². The number of rotatable bonds is 9. The largest absolute Gasteiger partial charge is 0.507 e. The minimum atomic E-state index is -3.57. The number of pyridine rings is 1. The van der Waals surface area contributed by atoms with Crippen molar-refractivity contribution in [3.8, 4) is 78.6 Å². The van der Waals surface area contributed by atoms with Gasteiger partial charge in [-0.3, -0.25) is 9.55 Å². The Hall–Kier alpha value is -6.35. The van der Waals surface area contributed by atoms with Gasteiger partial charge in [0.15, 0.2) is 0 Å². The maximum absolute atomic E-state index is 12.8. The second kappa shape index (κ2) is 19.7. The van der Waals surface area contributed by atoms with Crippen molar-refractivity contribution >= 4 is 11.0 Å². The Kier molecular flexibility index (Phi) is 11.2. The fourth-order valence-corrected chi connectivity index (χ4v) is 9.46. The quantitative estimate of drug-likeness (QED) is 0.147. The van der Waals surface area contributed by atoms with Gasteiger partial charge >= 0.3 is 0 Å². The van der Waals surface area contributed by atoms with E-state index in [1.54, 1.807) is 12.3 Å². The zero-order chi connectivity index (χ0) is 57.4. The summed E-state index contributed by atoms with van der Waals surface area (Å²) in [5.74, 6) is 0.508. The number of nitrogens with zero attached hydrogens (tertiary/aromatic N) is 3. The van der Waals surface area contributed by atoms with Crippen molar-refractivity contribution in [2.24, 2.45) is 0 Å². The first kappa shape index (κ1) is 40.3. The summed E-state index contributed by atoms with van der Waals surface area (Å²) in [6, 6.07) is 52.3. The molecule has 0 saturated heterocycles. The van der Waals surface area contributed by atoms with Gasteiger partial charge in [0.25, 0.3) is 0 Å². The molecule has 9 aromatic rings. The zero-order valence-corrected chi connectivity index (χ0v) is 44.5. The summed E-state index contributed by atoms with van der Waals surface area (Å²) in [5.41, 5.74) is 8.52. The van der Waals surface area contributed by atoms with E-state index in [-0.39, 0.29) is 55.2 Å². The molecule has 0 bridgehead atoms. The molecule has 5 heteroatoms. The molecule has 2 aromatic heterocycles. The molecule has 2 heterocycles. The Bertz CT molecular complexity index is 3650. The van der Waals surface area contributed by atoms with Crippen LogP contribution in [0.3, 0.4) is 0 Å². The molecule has 4 nitrogen and oxygen atoms in total. The first-order chi connectivity index (χ1) is 36.9. The van der Waals surface area contributed by atoms with Crippen LogP contribution in [0.25, 0.3) is 83.9 Å². The Labute approximate surface area is 450 Å². The summed E-state index contributed by atoms with van der Waals surface area (Å²) in [6.07, 6.45) is 1.61. The van der Waals surface area contributed by atoms with Gasteiger partial charge in [0.2, 0.25) is 0 Å². The van der Waals surface area contributed by atoms with E-state index in [1.807, 2.05) is 103 Å². The van der Waals surface area contributed by atoms with Crippen LogP contribution >= 0.6 is 0 Å². The van der Waals surface area contributed by atoms with Gasteiger partial charge in [0.1, 0.15) is 11.6 Å². The van der Waals surface area contributed by atoms with Crippen molar-refractivity contribution in [1.82, 2.24) is 14.5 Å². The van der Waals surface area contributed by atoms with E-state index in [9.17, 15) is 5.11 Å². The van der Waals surface area contributed by atoms with Crippen molar-refractivity contribution in [3.05, 3.63) is 192 Å². The van der Waals surface area contributed by atoms with Gasteiger partial charge in [-0.25, -0.2) is 4.98 Å². The summed E-state index contributed by atoms with van der Waals surface area (Å²) in [4.78, 5) is 10.3. The molecule has 364 valence electrons. The van der Waals surface area contributed by atoms with E-state index in [0.29, 0.717) is 33.7 Å². The standard InChI is InChI=1S/C66H68N3O.Pt/c1-41(2)54-36-48(44-23-18-15-19-24-44)37-55(42(3)4)61(54)69-59-26-20-25-53(60(59)68-63(69)56-39-52(65(8,9)10)40-57(62(56)70)66(11,12)13)49-33-50(35-51(34-49)64(5,6)7)58-38-47(31-32-67-58)46-29-27-45(28-30-46)43-21-16-14-17-22-43;/h14-32,34-42,70H,1-13H3;/q-1;/i5D3,6D3,7D3;. The third-order valence-corrected chi connectivity index (χ3v) is 13.4. The third kappa shape index (κ3) is 10.2. The van der Waals surface area contributed by atoms with E-state index >= 15 is 0 Å². The van der Waals surface area contributed by atoms with Crippen LogP contribution in [-0.4, -0.2) is 19.6 Å². The number of phenolic OH excluding ortho intramolecular Hbond substituents is 1. The summed E-state index contributed by atoms with van der Waals surface area (Å²) in [6.45, 7) is 10.6. The molecule has 0 aliphatic rings. The smallest absolute Gasteiger partial charge is 0.148 e. The number of fused-ring (bicyclic) bond motifs is 1. The topological polar surface area (TPSA) is 50.9 Å². The maximum atomic E-state index is 12.8. The van der Waals surface area contributed by atoms with E-state index in [0.717, 1.165) is 61.3 Å². The number of hydrogen-bond donors (Lipinski definition) is 1. The van der Waals surface area contributed by atoms with Crippen LogP contribution in [0.2, 0.25) is 0 Å². The third-order valence-electron chi connectivity index (χ3n) is 13.4. The monoisotopic (exact) mass is 1120 g/mol. The number of para-hydroxylation sites is 1. The summed E-state index contributed by atoms with van der Waals surface area (Å²) in [7, 11) is 0. The average molecular weight is 1120 g/mol. The molecule has 9 rings (SSSR count). The number of benzene rings is 7. The van der Waals surface area contributed by atoms with Gasteiger partial charge in [0, 0.05) is 50.9 Å². The molecular formula is C66H68N3OPt-. The number of phenols is 1. The first-order valence-corrected chi connectivity index (χ1v) is 24.3. The van der Waals surface area contributed by atoms with Crippen LogP contribution in [0.1, 0.15) is 142 Å². The van der Waals surface area contributed by atoms with Crippen molar-refractivity contribution in [2.45, 2.75) is 118 Å². The number of aromatic hydroxyl groups is 1. The molecule has 0 amide bonds. The van der Waals surface area contributed by atoms with Gasteiger partial charge in [-0.1, -0.05) is 210 Å². The second-order valence-corrected chi connectivity index (χ2v) is 21.4. The fourth-order valence-electron chi connectivity index (χ4n) is 9.46. The zero-order valence-electron chi connectivity index (χ0n) is 51.3. The SMILES string of the molecule is [2H]C([2H])([2H])C(c1cc(-c2cc(-c3ccc(-c4ccccc4)cc3)ccn2)[c-]c(-c2cccc3c2nc(-c2cc(C(C)(C)C)cc(C(C)(C)C)c2O)n3-c2c(C(C)C)cc(-c3ccccc3)cc2C(C)C)c1)(C([2H])([2H])[2H])C([2H])([2H])[2H].[Pt]. The van der Waals surface area contributed by atoms with E-state index in [4.69, 9.17) is 22.3 Å². The second-order valence-electron chi connectivity index (χ2n) is 21.4. The molecule has 0 radical (unpaired) electrons. The molecule has 0 fully saturated rings. The van der Waals surface area contributed by atoms with Crippen LogP contribution in [0, 0.1) is 6.07 Å². The van der Waals surface area contributed by atoms with E-state index in [2.05, 4.69) is 110 Å². The van der Waals surface area contributed by atoms with Crippen LogP contribution < -0.4 is 0 Å². The van der Waals surface area contributed by atoms with Crippen molar-refractivity contribution in [1.29, 1.82) is 0 Å². The molecule has 1 N–H and O–H groups in total. The van der Waals surface area contributed by atoms with Gasteiger partial charge in [-0.05, 0) is 108 Å². The Morgan fingerprint density at radius 3 is 1.65 bits per heavy atom. The average Bonchev–Trinajstić information content (AvgIpc) is 3.56. The van der Waals surface area contributed by atoms with Crippen LogP contribution in [0.15, 0.2) is 158 Å². The molecular weight excluding hydrogens is 1050 g/mol. The summed E-state index contributed by atoms with van der Waals surface area (Å²) < 4.78 is 82.1. The molecule has 0 aliphatic carbocycles. The molecule has 71 heavy (non-hydrogen) atoms. The maximum Gasteiger partial charge on any atom is 0.148 e. The number of hydrogen-bond acceptors (Lipinski definition) is 3. The Morgan fingerprint density at radius 2 is 1.08 bits per heavy atom. The molecule has 0 spiro atoms. The van der Waals surface area contributed by atoms with Gasteiger partial charge in [0.05, 0.1) is 22.3 Å². The van der Waals surface area contributed by atoms with Crippen molar-refractivity contribution in [2.75, 3.05) is 0 Å². The van der Waals surface area contributed by atoms with Crippen molar-refractivity contribution in [3.63, 3.8) is 0 Å².